The van der Waals surface area contributed by atoms with Crippen molar-refractivity contribution >= 4 is 34.5 Å². The number of hydrogen-bond acceptors (Lipinski definition) is 7. The van der Waals surface area contributed by atoms with Gasteiger partial charge in [-0.25, -0.2) is 9.79 Å². The lowest BCUT2D eigenvalue weighted by atomic mass is 9.96. The summed E-state index contributed by atoms with van der Waals surface area (Å²) in [5, 5.41) is 6.65. The third-order valence-corrected chi connectivity index (χ3v) is 6.24. The third kappa shape index (κ3) is 6.41. The highest BCUT2D eigenvalue weighted by Crippen LogP contribution is 2.33. The molecule has 0 bridgehead atoms. The van der Waals surface area contributed by atoms with Gasteiger partial charge in [-0.05, 0) is 75.6 Å². The summed E-state index contributed by atoms with van der Waals surface area (Å²) >= 11 is 1.29. The number of nitrogens with one attached hydrogen (secondary N) is 2. The molecule has 0 saturated heterocycles. The molecule has 7 nitrogen and oxygen atoms in total. The van der Waals surface area contributed by atoms with E-state index in [1.165, 1.54) is 17.3 Å². The van der Waals surface area contributed by atoms with Crippen molar-refractivity contribution < 1.29 is 19.1 Å². The molecule has 1 aliphatic rings. The summed E-state index contributed by atoms with van der Waals surface area (Å²) in [6.45, 7) is 10.4. The van der Waals surface area contributed by atoms with Gasteiger partial charge < -0.3 is 20.1 Å². The van der Waals surface area contributed by atoms with Crippen molar-refractivity contribution in [2.24, 2.45) is 4.99 Å². The number of ether oxygens (including phenoxy) is 2. The number of anilines is 1. The van der Waals surface area contributed by atoms with Gasteiger partial charge in [0.2, 0.25) is 5.91 Å². The van der Waals surface area contributed by atoms with Crippen molar-refractivity contribution in [2.75, 3.05) is 24.3 Å². The molecule has 0 radical (unpaired) electrons. The first-order valence-electron chi connectivity index (χ1n) is 11.3. The Morgan fingerprint density at radius 2 is 1.76 bits per heavy atom. The predicted molar refractivity (Wildman–Crippen MR) is 137 cm³/mol. The number of allylic oxidation sites excluding steroid dienone is 1. The maximum atomic E-state index is 12.7. The van der Waals surface area contributed by atoms with Gasteiger partial charge in [0.05, 0.1) is 24.5 Å². The number of aliphatic imine (C=N–C) groups is 1. The molecule has 2 aromatic carbocycles. The molecule has 1 aliphatic heterocycles. The summed E-state index contributed by atoms with van der Waals surface area (Å²) < 4.78 is 10.8. The molecule has 0 saturated carbocycles. The Bertz CT molecular complexity index is 1110. The van der Waals surface area contributed by atoms with Crippen LogP contribution in [0.5, 0.6) is 5.75 Å². The number of amides is 1. The number of esters is 1. The van der Waals surface area contributed by atoms with Gasteiger partial charge in [-0.2, -0.15) is 0 Å². The largest absolute Gasteiger partial charge is 0.494 e. The smallest absolute Gasteiger partial charge is 0.338 e. The molecule has 2 aromatic rings. The lowest BCUT2D eigenvalue weighted by Gasteiger charge is -2.26. The van der Waals surface area contributed by atoms with Crippen molar-refractivity contribution in [2.45, 2.75) is 40.7 Å². The summed E-state index contributed by atoms with van der Waals surface area (Å²) in [5.41, 5.74) is 5.01. The highest BCUT2D eigenvalue weighted by atomic mass is 32.2. The van der Waals surface area contributed by atoms with E-state index < -0.39 is 12.0 Å². The molecule has 1 amide bonds. The van der Waals surface area contributed by atoms with E-state index in [1.54, 1.807) is 6.92 Å². The van der Waals surface area contributed by atoms with Crippen molar-refractivity contribution in [1.82, 2.24) is 5.32 Å². The van der Waals surface area contributed by atoms with E-state index in [4.69, 9.17) is 14.5 Å². The van der Waals surface area contributed by atoms with Crippen LogP contribution in [0.1, 0.15) is 43.5 Å². The average Bonchev–Trinajstić information content (AvgIpc) is 2.80. The van der Waals surface area contributed by atoms with Gasteiger partial charge in [-0.1, -0.05) is 30.0 Å². The van der Waals surface area contributed by atoms with E-state index in [0.29, 0.717) is 23.0 Å². The fraction of sp³-hybridized carbons (Fsp3) is 0.346. The van der Waals surface area contributed by atoms with Crippen LogP contribution < -0.4 is 15.4 Å². The highest BCUT2D eigenvalue weighted by Gasteiger charge is 2.30. The lowest BCUT2D eigenvalue weighted by molar-refractivity contribution is -0.139. The Labute approximate surface area is 205 Å². The van der Waals surface area contributed by atoms with E-state index in [1.807, 2.05) is 70.2 Å². The number of thioether (sulfide) groups is 1. The van der Waals surface area contributed by atoms with E-state index >= 15 is 0 Å². The summed E-state index contributed by atoms with van der Waals surface area (Å²) in [6, 6.07) is 12.8. The SMILES string of the molecule is CCOC(=O)C1=C(C)NC(SCC(=O)Nc2ccc(C)c(C)c2)=N[C@H]1c1ccc(OCC)cc1. The first-order chi connectivity index (χ1) is 16.3. The van der Waals surface area contributed by atoms with Crippen LogP contribution >= 0.6 is 11.8 Å². The Kier molecular flexibility index (Phi) is 8.76. The first-order valence-corrected chi connectivity index (χ1v) is 12.3. The summed E-state index contributed by atoms with van der Waals surface area (Å²) in [7, 11) is 0. The summed E-state index contributed by atoms with van der Waals surface area (Å²) in [5.74, 6) is 0.386. The minimum absolute atomic E-state index is 0.131. The zero-order chi connectivity index (χ0) is 24.7. The first kappa shape index (κ1) is 25.4. The minimum Gasteiger partial charge on any atom is -0.494 e. The van der Waals surface area contributed by atoms with E-state index in [9.17, 15) is 9.59 Å². The number of carbonyl (C=O) groups excluding carboxylic acids is 2. The number of aryl methyl sites for hydroxylation is 2. The number of benzene rings is 2. The van der Waals surface area contributed by atoms with E-state index in [0.717, 1.165) is 22.6 Å². The van der Waals surface area contributed by atoms with Crippen LogP contribution in [0.3, 0.4) is 0 Å². The van der Waals surface area contributed by atoms with E-state index in [-0.39, 0.29) is 18.3 Å². The Balaban J connectivity index is 1.76. The predicted octanol–water partition coefficient (Wildman–Crippen LogP) is 4.91. The van der Waals surface area contributed by atoms with Crippen LogP contribution in [0, 0.1) is 13.8 Å². The van der Waals surface area contributed by atoms with Crippen LogP contribution in [0.4, 0.5) is 5.69 Å². The number of rotatable bonds is 8. The maximum absolute atomic E-state index is 12.7. The fourth-order valence-corrected chi connectivity index (χ4v) is 4.24. The number of hydrogen-bond donors (Lipinski definition) is 2. The van der Waals surface area contributed by atoms with Crippen molar-refractivity contribution in [3.63, 3.8) is 0 Å². The Morgan fingerprint density at radius 3 is 2.41 bits per heavy atom. The second-order valence-electron chi connectivity index (χ2n) is 7.86. The normalized spacial score (nSPS) is 15.3. The molecular weight excluding hydrogens is 450 g/mol. The molecule has 0 fully saturated rings. The van der Waals surface area contributed by atoms with Gasteiger partial charge in [-0.15, -0.1) is 0 Å². The van der Waals surface area contributed by atoms with Gasteiger partial charge in [0.25, 0.3) is 0 Å². The van der Waals surface area contributed by atoms with Crippen LogP contribution in [-0.2, 0) is 14.3 Å². The average molecular weight is 482 g/mol. The second-order valence-corrected chi connectivity index (χ2v) is 8.82. The second kappa shape index (κ2) is 11.7. The zero-order valence-corrected chi connectivity index (χ0v) is 21.0. The molecule has 0 spiro atoms. The molecule has 0 unspecified atom stereocenters. The lowest BCUT2D eigenvalue weighted by Crippen LogP contribution is -2.31. The van der Waals surface area contributed by atoms with Gasteiger partial charge >= 0.3 is 5.97 Å². The van der Waals surface area contributed by atoms with Gasteiger partial charge in [0.1, 0.15) is 11.8 Å². The van der Waals surface area contributed by atoms with Crippen molar-refractivity contribution in [1.29, 1.82) is 0 Å². The number of amidine groups is 1. The van der Waals surface area contributed by atoms with Crippen molar-refractivity contribution in [3.8, 4) is 5.75 Å². The Hall–Kier alpha value is -3.26. The summed E-state index contributed by atoms with van der Waals surface area (Å²) in [4.78, 5) is 30.0. The molecule has 34 heavy (non-hydrogen) atoms. The molecule has 2 N–H and O–H groups in total. The number of nitrogens with zero attached hydrogens (tertiary/aromatic N) is 1. The van der Waals surface area contributed by atoms with Crippen LogP contribution in [0.2, 0.25) is 0 Å². The standard InChI is InChI=1S/C26H31N3O4S/c1-6-32-21-12-9-19(10-13-21)24-23(25(31)33-7-2)18(5)27-26(29-24)34-15-22(30)28-20-11-8-16(3)17(4)14-20/h8-14,24H,6-7,15H2,1-5H3,(H,27,29)(H,28,30)/t24-/m0/s1. The monoisotopic (exact) mass is 481 g/mol. The minimum atomic E-state index is -0.540. The fourth-order valence-electron chi connectivity index (χ4n) is 3.50. The number of carbonyl (C=O) groups is 2. The van der Waals surface area contributed by atoms with Gasteiger partial charge in [0, 0.05) is 11.4 Å². The Morgan fingerprint density at radius 1 is 1.03 bits per heavy atom. The molecule has 1 atom stereocenters. The third-order valence-electron chi connectivity index (χ3n) is 5.35. The molecular formula is C26H31N3O4S. The highest BCUT2D eigenvalue weighted by molar-refractivity contribution is 8.14. The van der Waals surface area contributed by atoms with Gasteiger partial charge in [0.15, 0.2) is 5.17 Å². The molecule has 0 aromatic heterocycles. The topological polar surface area (TPSA) is 89.0 Å². The molecule has 8 heteroatoms. The quantitative estimate of drug-likeness (QED) is 0.521. The van der Waals surface area contributed by atoms with Crippen LogP contribution in [0.25, 0.3) is 0 Å². The maximum Gasteiger partial charge on any atom is 0.338 e. The van der Waals surface area contributed by atoms with E-state index in [2.05, 4.69) is 10.6 Å². The molecule has 3 rings (SSSR count). The molecule has 180 valence electrons. The van der Waals surface area contributed by atoms with Crippen LogP contribution in [-0.4, -0.2) is 36.0 Å². The molecule has 1 heterocycles. The molecule has 0 aliphatic carbocycles. The van der Waals surface area contributed by atoms with Crippen LogP contribution in [0.15, 0.2) is 58.7 Å². The van der Waals surface area contributed by atoms with Gasteiger partial charge in [-0.3, -0.25) is 4.79 Å². The van der Waals surface area contributed by atoms with Crippen molar-refractivity contribution in [3.05, 3.63) is 70.4 Å². The summed E-state index contributed by atoms with van der Waals surface area (Å²) in [6.07, 6.45) is 0. The zero-order valence-electron chi connectivity index (χ0n) is 20.2.